The predicted octanol–water partition coefficient (Wildman–Crippen LogP) is 2.41. The number of anilines is 4. The van der Waals surface area contributed by atoms with Gasteiger partial charge < -0.3 is 30.6 Å². The molecule has 2 saturated carbocycles. The van der Waals surface area contributed by atoms with Crippen LogP contribution in [0.4, 0.5) is 27.7 Å². The van der Waals surface area contributed by atoms with Crippen LogP contribution in [0.5, 0.6) is 0 Å². The molecule has 4 atom stereocenters. The summed E-state index contributed by atoms with van der Waals surface area (Å²) < 4.78 is 37.7. The molecule has 16 heteroatoms. The highest BCUT2D eigenvalue weighted by Crippen LogP contribution is 2.43. The molecule has 0 radical (unpaired) electrons. The third-order valence-corrected chi connectivity index (χ3v) is 13.2. The van der Waals surface area contributed by atoms with E-state index in [4.69, 9.17) is 21.6 Å². The molecular formula is C31H36ClFN8O4S2. The number of aliphatic hydroxyl groups excluding tert-OH is 2. The number of aromatic nitrogens is 4. The lowest BCUT2D eigenvalue weighted by Gasteiger charge is -2.36. The number of benzene rings is 1. The Labute approximate surface area is 281 Å². The Morgan fingerprint density at radius 2 is 1.34 bits per heavy atom. The first-order valence-corrected chi connectivity index (χ1v) is 19.0. The highest BCUT2D eigenvalue weighted by Gasteiger charge is 2.47. The quantitative estimate of drug-likeness (QED) is 0.255. The van der Waals surface area contributed by atoms with Crippen LogP contribution in [0.3, 0.4) is 0 Å². The second-order valence-corrected chi connectivity index (χ2v) is 16.7. The molecule has 1 aromatic carbocycles. The molecule has 4 N–H and O–H groups in total. The summed E-state index contributed by atoms with van der Waals surface area (Å²) in [5.41, 5.74) is 2.07. The number of nitrogens with zero attached hydrogens (tertiary/aromatic N) is 6. The summed E-state index contributed by atoms with van der Waals surface area (Å²) in [5.74, 6) is 2.79. The van der Waals surface area contributed by atoms with Crippen LogP contribution in [0.25, 0.3) is 0 Å². The Kier molecular flexibility index (Phi) is 7.90. The Bertz CT molecular complexity index is 1780. The van der Waals surface area contributed by atoms with E-state index in [1.54, 1.807) is 0 Å². The monoisotopic (exact) mass is 702 g/mol. The summed E-state index contributed by atoms with van der Waals surface area (Å²) in [4.78, 5) is 23.8. The van der Waals surface area contributed by atoms with Gasteiger partial charge >= 0.3 is 0 Å². The molecule has 9 rings (SSSR count). The molecule has 250 valence electrons. The van der Waals surface area contributed by atoms with Gasteiger partial charge in [-0.05, 0) is 68.0 Å². The molecule has 6 aliphatic rings. The molecule has 6 heterocycles. The van der Waals surface area contributed by atoms with E-state index in [9.17, 15) is 23.0 Å². The molecule has 2 saturated heterocycles. The fraction of sp³-hybridized carbons (Fsp3) is 0.548. The minimum atomic E-state index is -1.09. The Hall–Kier alpha value is -2.98. The van der Waals surface area contributed by atoms with Crippen LogP contribution >= 0.6 is 11.6 Å². The van der Waals surface area contributed by atoms with Crippen LogP contribution in [-0.4, -0.2) is 99.5 Å². The molecule has 4 fully saturated rings. The second-order valence-electron chi connectivity index (χ2n) is 13.3. The standard InChI is InChI=1S/C21H24FN5O2S.C10H12ClN3O2S/c22-13-1-3-14(4-2-13)26-10-16-9-15(26)11-27(16)20-23-17-5-8-30(29)18(17)19(24-20)25-21(12-28)6-7-21;11-9-12-6-1-4-17(16)7(6)8(13-9)14-10(5-15)2-3-10/h1-4,15-16,28H,5-12H2,(H,23,24,25);15H,1-5H2,(H,12,13,14). The van der Waals surface area contributed by atoms with Crippen LogP contribution in [-0.2, 0) is 34.4 Å². The van der Waals surface area contributed by atoms with Crippen molar-refractivity contribution in [2.45, 2.75) is 77.9 Å². The molecular weight excluding hydrogens is 667 g/mol. The molecule has 47 heavy (non-hydrogen) atoms. The summed E-state index contributed by atoms with van der Waals surface area (Å²) >= 11 is 5.85. The maximum atomic E-state index is 13.3. The van der Waals surface area contributed by atoms with E-state index in [1.165, 1.54) is 12.1 Å². The van der Waals surface area contributed by atoms with Crippen LogP contribution < -0.4 is 20.4 Å². The maximum absolute atomic E-state index is 13.3. The molecule has 2 bridgehead atoms. The Morgan fingerprint density at radius 1 is 0.809 bits per heavy atom. The van der Waals surface area contributed by atoms with Gasteiger partial charge in [0, 0.05) is 49.2 Å². The lowest BCUT2D eigenvalue weighted by Crippen LogP contribution is -2.47. The fourth-order valence-corrected chi connectivity index (χ4v) is 9.76. The third-order valence-electron chi connectivity index (χ3n) is 10.1. The van der Waals surface area contributed by atoms with Gasteiger partial charge in [0.25, 0.3) is 0 Å². The minimum Gasteiger partial charge on any atom is -0.394 e. The SMILES string of the molecule is O=S1CCc2nc(Cl)nc(NC3(CO)CC3)c21.O=S1CCc2nc(N3CC4CC3CN4c3ccc(F)cc3)nc(NC3(CO)CC3)c21. The fourth-order valence-electron chi connectivity index (χ4n) is 6.96. The van der Waals surface area contributed by atoms with E-state index in [0.717, 1.165) is 67.2 Å². The normalized spacial score (nSPS) is 26.8. The van der Waals surface area contributed by atoms with Gasteiger partial charge in [-0.25, -0.2) is 14.4 Å². The van der Waals surface area contributed by atoms with Crippen molar-refractivity contribution in [3.05, 3.63) is 46.8 Å². The number of hydrogen-bond donors (Lipinski definition) is 4. The zero-order chi connectivity index (χ0) is 32.5. The highest BCUT2D eigenvalue weighted by molar-refractivity contribution is 7.85. The van der Waals surface area contributed by atoms with E-state index in [0.29, 0.717) is 58.9 Å². The first-order valence-electron chi connectivity index (χ1n) is 16.0. The van der Waals surface area contributed by atoms with Gasteiger partial charge in [-0.15, -0.1) is 0 Å². The van der Waals surface area contributed by atoms with Crippen molar-refractivity contribution in [1.82, 2.24) is 19.9 Å². The van der Waals surface area contributed by atoms with E-state index in [2.05, 4.69) is 30.4 Å². The number of halogens is 2. The van der Waals surface area contributed by atoms with E-state index >= 15 is 0 Å². The van der Waals surface area contributed by atoms with Crippen LogP contribution in [0.2, 0.25) is 5.28 Å². The number of aryl methyl sites for hydroxylation is 2. The third kappa shape index (κ3) is 5.87. The average Bonchev–Trinajstić information content (AvgIpc) is 3.79. The predicted molar refractivity (Wildman–Crippen MR) is 178 cm³/mol. The molecule has 4 aliphatic heterocycles. The summed E-state index contributed by atoms with van der Waals surface area (Å²) in [5, 5.41) is 25.7. The van der Waals surface area contributed by atoms with Gasteiger partial charge in [-0.3, -0.25) is 8.42 Å². The van der Waals surface area contributed by atoms with Crippen molar-refractivity contribution in [1.29, 1.82) is 0 Å². The van der Waals surface area contributed by atoms with Crippen molar-refractivity contribution >= 4 is 56.5 Å². The first-order chi connectivity index (χ1) is 22.7. The number of rotatable bonds is 8. The summed E-state index contributed by atoms with van der Waals surface area (Å²) in [6, 6.07) is 7.34. The zero-order valence-electron chi connectivity index (χ0n) is 25.6. The number of aliphatic hydroxyl groups is 2. The van der Waals surface area contributed by atoms with Crippen molar-refractivity contribution < 1.29 is 23.0 Å². The molecule has 2 aliphatic carbocycles. The number of fused-ring (bicyclic) bond motifs is 4. The van der Waals surface area contributed by atoms with Crippen molar-refractivity contribution in [2.24, 2.45) is 0 Å². The number of piperazine rings is 1. The van der Waals surface area contributed by atoms with Gasteiger partial charge in [0.2, 0.25) is 11.2 Å². The van der Waals surface area contributed by atoms with Crippen molar-refractivity contribution in [3.8, 4) is 0 Å². The minimum absolute atomic E-state index is 0.0504. The van der Waals surface area contributed by atoms with Gasteiger partial charge in [0.05, 0.1) is 63.3 Å². The lowest BCUT2D eigenvalue weighted by atomic mass is 10.2. The molecule has 0 amide bonds. The van der Waals surface area contributed by atoms with E-state index in [1.807, 2.05) is 12.1 Å². The zero-order valence-corrected chi connectivity index (χ0v) is 28.0. The Morgan fingerprint density at radius 3 is 1.87 bits per heavy atom. The van der Waals surface area contributed by atoms with Crippen LogP contribution in [0.15, 0.2) is 34.1 Å². The van der Waals surface area contributed by atoms with Gasteiger partial charge in [-0.1, -0.05) is 0 Å². The smallest absolute Gasteiger partial charge is 0.227 e. The highest BCUT2D eigenvalue weighted by atomic mass is 35.5. The molecule has 2 aromatic heterocycles. The lowest BCUT2D eigenvalue weighted by molar-refractivity contribution is 0.265. The second kappa shape index (κ2) is 11.9. The molecule has 3 aromatic rings. The van der Waals surface area contributed by atoms with E-state index < -0.39 is 21.6 Å². The van der Waals surface area contributed by atoms with E-state index in [-0.39, 0.29) is 35.4 Å². The number of hydrogen-bond acceptors (Lipinski definition) is 12. The first kappa shape index (κ1) is 31.3. The van der Waals surface area contributed by atoms with Crippen LogP contribution in [0.1, 0.15) is 43.5 Å². The molecule has 0 spiro atoms. The molecule has 4 unspecified atom stereocenters. The summed E-state index contributed by atoms with van der Waals surface area (Å²) in [6.07, 6.45) is 5.97. The molecule has 12 nitrogen and oxygen atoms in total. The maximum Gasteiger partial charge on any atom is 0.227 e. The average molecular weight is 703 g/mol. The van der Waals surface area contributed by atoms with Gasteiger partial charge in [0.15, 0.2) is 0 Å². The summed E-state index contributed by atoms with van der Waals surface area (Å²) in [7, 11) is -2.14. The number of nitrogens with one attached hydrogen (secondary N) is 2. The van der Waals surface area contributed by atoms with Gasteiger partial charge in [0.1, 0.15) is 27.2 Å². The van der Waals surface area contributed by atoms with Crippen molar-refractivity contribution in [2.75, 3.05) is 58.2 Å². The van der Waals surface area contributed by atoms with Crippen molar-refractivity contribution in [3.63, 3.8) is 0 Å². The van der Waals surface area contributed by atoms with Crippen LogP contribution in [0, 0.1) is 5.82 Å². The topological polar surface area (TPSA) is 157 Å². The largest absolute Gasteiger partial charge is 0.394 e. The Balaban J connectivity index is 0.000000162. The van der Waals surface area contributed by atoms with Gasteiger partial charge in [-0.2, -0.15) is 9.97 Å². The summed E-state index contributed by atoms with van der Waals surface area (Å²) in [6.45, 7) is 1.77.